The molecule has 0 bridgehead atoms. The molecule has 0 radical (unpaired) electrons. The number of benzene rings is 1. The lowest BCUT2D eigenvalue weighted by Crippen LogP contribution is -2.15. The summed E-state index contributed by atoms with van der Waals surface area (Å²) in [5, 5.41) is 3.91. The first-order valence-corrected chi connectivity index (χ1v) is 8.54. The van der Waals surface area contributed by atoms with Crippen LogP contribution in [-0.4, -0.2) is 41.5 Å². The molecule has 0 unspecified atom stereocenters. The zero-order chi connectivity index (χ0) is 17.8. The summed E-state index contributed by atoms with van der Waals surface area (Å²) in [6.45, 7) is 0.958. The van der Waals surface area contributed by atoms with E-state index in [0.29, 0.717) is 5.69 Å². The lowest BCUT2D eigenvalue weighted by atomic mass is 10.1. The minimum Gasteiger partial charge on any atom is -0.466 e. The molecular weight excluding hydrogens is 342 g/mol. The van der Waals surface area contributed by atoms with Crippen LogP contribution in [0.4, 0.5) is 5.69 Å². The van der Waals surface area contributed by atoms with Crippen LogP contribution >= 0.6 is 11.8 Å². The molecule has 1 aromatic heterocycles. The van der Waals surface area contributed by atoms with Crippen molar-refractivity contribution in [1.29, 1.82) is 0 Å². The van der Waals surface area contributed by atoms with Gasteiger partial charge in [0.2, 0.25) is 0 Å². The van der Waals surface area contributed by atoms with E-state index in [2.05, 4.69) is 19.6 Å². The molecule has 3 rings (SSSR count). The Kier molecular flexibility index (Phi) is 5.08. The quantitative estimate of drug-likeness (QED) is 0.648. The summed E-state index contributed by atoms with van der Waals surface area (Å²) in [4.78, 5) is 27.9. The number of carbonyl (C=O) groups is 2. The van der Waals surface area contributed by atoms with E-state index >= 15 is 0 Å². The minimum atomic E-state index is -0.659. The molecule has 0 saturated carbocycles. The van der Waals surface area contributed by atoms with E-state index < -0.39 is 11.9 Å². The van der Waals surface area contributed by atoms with Crippen molar-refractivity contribution in [3.05, 3.63) is 42.2 Å². The van der Waals surface area contributed by atoms with Gasteiger partial charge in [-0.1, -0.05) is 23.9 Å². The van der Waals surface area contributed by atoms with Gasteiger partial charge in [-0.15, -0.1) is 0 Å². The Morgan fingerprint density at radius 3 is 2.88 bits per heavy atom. The fourth-order valence-corrected chi connectivity index (χ4v) is 3.34. The molecule has 25 heavy (non-hydrogen) atoms. The Hall–Kier alpha value is -2.74. The van der Waals surface area contributed by atoms with Crippen LogP contribution in [0.2, 0.25) is 0 Å². The van der Waals surface area contributed by atoms with E-state index in [9.17, 15) is 9.59 Å². The number of nitrogens with one attached hydrogen (secondary N) is 1. The normalized spacial score (nSPS) is 13.3. The fraction of sp³-hybridized carbons (Fsp3) is 0.235. The summed E-state index contributed by atoms with van der Waals surface area (Å²) in [5.41, 5.74) is 2.41. The van der Waals surface area contributed by atoms with Gasteiger partial charge in [-0.25, -0.2) is 14.6 Å². The maximum atomic E-state index is 11.8. The summed E-state index contributed by atoms with van der Waals surface area (Å²) in [7, 11) is 2.49. The van der Waals surface area contributed by atoms with Gasteiger partial charge in [-0.05, 0) is 12.1 Å². The fourth-order valence-electron chi connectivity index (χ4n) is 2.39. The van der Waals surface area contributed by atoms with Crippen molar-refractivity contribution < 1.29 is 19.1 Å². The number of imidazole rings is 1. The number of carbonyl (C=O) groups excluding carboxylic acids is 2. The highest BCUT2D eigenvalue weighted by Gasteiger charge is 2.16. The molecule has 1 aliphatic heterocycles. The number of hydrogen-bond acceptors (Lipinski definition) is 7. The van der Waals surface area contributed by atoms with E-state index in [4.69, 9.17) is 4.74 Å². The lowest BCUT2D eigenvalue weighted by Gasteiger charge is -2.10. The topological polar surface area (TPSA) is 82.5 Å². The van der Waals surface area contributed by atoms with Crippen molar-refractivity contribution in [2.24, 2.45) is 0 Å². The number of methoxy groups -OCH3 is 2. The first-order valence-electron chi connectivity index (χ1n) is 7.56. The van der Waals surface area contributed by atoms with Crippen LogP contribution in [0, 0.1) is 0 Å². The zero-order valence-corrected chi connectivity index (χ0v) is 14.6. The first kappa shape index (κ1) is 17.1. The number of nitrogens with zero attached hydrogens (tertiary/aromatic N) is 2. The van der Waals surface area contributed by atoms with E-state index in [1.165, 1.54) is 14.2 Å². The van der Waals surface area contributed by atoms with Gasteiger partial charge < -0.3 is 19.4 Å². The number of fused-ring (bicyclic) bond motifs is 1. The number of aromatic nitrogens is 2. The smallest absolute Gasteiger partial charge is 0.354 e. The van der Waals surface area contributed by atoms with Gasteiger partial charge >= 0.3 is 11.9 Å². The summed E-state index contributed by atoms with van der Waals surface area (Å²) in [6, 6.07) is 7.44. The number of ether oxygens (including phenoxy) is 2. The highest BCUT2D eigenvalue weighted by atomic mass is 32.2. The monoisotopic (exact) mass is 359 g/mol. The molecule has 0 atom stereocenters. The molecule has 2 aromatic rings. The van der Waals surface area contributed by atoms with Crippen LogP contribution in [0.15, 0.2) is 47.4 Å². The highest BCUT2D eigenvalue weighted by molar-refractivity contribution is 7.99. The number of hydrogen-bond donors (Lipinski definition) is 1. The number of anilines is 1. The second kappa shape index (κ2) is 7.43. The number of thioether (sulfide) groups is 1. The van der Waals surface area contributed by atoms with Gasteiger partial charge in [0.25, 0.3) is 0 Å². The molecule has 0 amide bonds. The molecule has 130 valence electrons. The Morgan fingerprint density at radius 2 is 2.16 bits per heavy atom. The maximum Gasteiger partial charge on any atom is 0.354 e. The third kappa shape index (κ3) is 3.85. The maximum absolute atomic E-state index is 11.8. The van der Waals surface area contributed by atoms with E-state index in [-0.39, 0.29) is 5.70 Å². The van der Waals surface area contributed by atoms with Crippen LogP contribution in [0.25, 0.3) is 11.3 Å². The third-order valence-corrected chi connectivity index (χ3v) is 4.58. The Bertz CT molecular complexity index is 823. The van der Waals surface area contributed by atoms with E-state index in [1.807, 2.05) is 24.4 Å². The highest BCUT2D eigenvalue weighted by Crippen LogP contribution is 2.30. The average Bonchev–Trinajstić information content (AvgIpc) is 3.22. The van der Waals surface area contributed by atoms with Gasteiger partial charge in [0.15, 0.2) is 5.16 Å². The van der Waals surface area contributed by atoms with Crippen LogP contribution in [0.5, 0.6) is 0 Å². The predicted octanol–water partition coefficient (Wildman–Crippen LogP) is 2.30. The minimum absolute atomic E-state index is 0.00519. The van der Waals surface area contributed by atoms with Crippen molar-refractivity contribution in [1.82, 2.24) is 9.55 Å². The van der Waals surface area contributed by atoms with Crippen molar-refractivity contribution in [2.75, 3.05) is 25.3 Å². The van der Waals surface area contributed by atoms with E-state index in [1.54, 1.807) is 17.8 Å². The molecule has 1 aromatic carbocycles. The summed E-state index contributed by atoms with van der Waals surface area (Å²) >= 11 is 1.73. The number of aryl methyl sites for hydroxylation is 1. The summed E-state index contributed by atoms with van der Waals surface area (Å²) in [6.07, 6.45) is 3.07. The number of rotatable bonds is 5. The molecule has 1 N–H and O–H groups in total. The standard InChI is InChI=1S/C17H17N3O4S/c1-23-15(21)9-13(16(22)24-2)18-12-5-3-4-11(8-12)14-10-20-6-7-25-17(20)19-14/h3-5,8-10,18H,6-7H2,1-2H3/b13-9+. The Balaban J connectivity index is 1.85. The Labute approximate surface area is 149 Å². The van der Waals surface area contributed by atoms with Gasteiger partial charge in [0, 0.05) is 29.7 Å². The van der Waals surface area contributed by atoms with E-state index in [0.717, 1.165) is 34.8 Å². The van der Waals surface area contributed by atoms with Crippen molar-refractivity contribution in [3.63, 3.8) is 0 Å². The Morgan fingerprint density at radius 1 is 1.32 bits per heavy atom. The molecule has 0 spiro atoms. The van der Waals surface area contributed by atoms with Crippen LogP contribution < -0.4 is 5.32 Å². The molecule has 0 saturated heterocycles. The second-order valence-corrected chi connectivity index (χ2v) is 6.29. The average molecular weight is 359 g/mol. The van der Waals surface area contributed by atoms with Gasteiger partial charge in [0.1, 0.15) is 5.70 Å². The number of esters is 2. The zero-order valence-electron chi connectivity index (χ0n) is 13.8. The molecule has 2 heterocycles. The molecule has 7 nitrogen and oxygen atoms in total. The van der Waals surface area contributed by atoms with Gasteiger partial charge in [-0.2, -0.15) is 0 Å². The van der Waals surface area contributed by atoms with Crippen molar-refractivity contribution in [2.45, 2.75) is 11.7 Å². The van der Waals surface area contributed by atoms with Crippen molar-refractivity contribution >= 4 is 29.4 Å². The lowest BCUT2D eigenvalue weighted by molar-refractivity contribution is -0.138. The third-order valence-electron chi connectivity index (χ3n) is 3.61. The molecule has 0 fully saturated rings. The van der Waals surface area contributed by atoms with Crippen LogP contribution in [0.1, 0.15) is 0 Å². The predicted molar refractivity (Wildman–Crippen MR) is 94.1 cm³/mol. The SMILES string of the molecule is COC(=O)/C=C(/Nc1cccc(-c2cn3c(n2)SCC3)c1)C(=O)OC. The van der Waals surface area contributed by atoms with Crippen LogP contribution in [0.3, 0.4) is 0 Å². The second-order valence-electron chi connectivity index (χ2n) is 5.23. The molecule has 8 heteroatoms. The summed E-state index contributed by atoms with van der Waals surface area (Å²) in [5.74, 6) is -0.259. The van der Waals surface area contributed by atoms with Crippen LogP contribution in [-0.2, 0) is 25.6 Å². The largest absolute Gasteiger partial charge is 0.466 e. The summed E-state index contributed by atoms with van der Waals surface area (Å²) < 4.78 is 11.4. The first-order chi connectivity index (χ1) is 12.1. The van der Waals surface area contributed by atoms with Gasteiger partial charge in [-0.3, -0.25) is 0 Å². The molecule has 0 aliphatic carbocycles. The van der Waals surface area contributed by atoms with Crippen molar-refractivity contribution in [3.8, 4) is 11.3 Å². The molecular formula is C17H17N3O4S. The molecule has 1 aliphatic rings. The van der Waals surface area contributed by atoms with Gasteiger partial charge in [0.05, 0.1) is 26.0 Å².